The zero-order valence-electron chi connectivity index (χ0n) is 17.4. The van der Waals surface area contributed by atoms with E-state index in [-0.39, 0.29) is 11.2 Å². The third-order valence-corrected chi connectivity index (χ3v) is 6.43. The van der Waals surface area contributed by atoms with E-state index in [1.165, 1.54) is 17.8 Å². The number of para-hydroxylation sites is 1. The van der Waals surface area contributed by atoms with Crippen molar-refractivity contribution in [1.29, 1.82) is 0 Å². The van der Waals surface area contributed by atoms with E-state index in [0.717, 1.165) is 28.5 Å². The molecule has 0 saturated carbocycles. The first-order valence-electron chi connectivity index (χ1n) is 10.3. The highest BCUT2D eigenvalue weighted by atomic mass is 32.2. The van der Waals surface area contributed by atoms with Gasteiger partial charge in [-0.05, 0) is 35.7 Å². The Balaban J connectivity index is 1.63. The van der Waals surface area contributed by atoms with Gasteiger partial charge in [-0.15, -0.1) is 16.8 Å². The van der Waals surface area contributed by atoms with Crippen molar-refractivity contribution in [1.82, 2.24) is 19.2 Å². The number of hydrogen-bond donors (Lipinski definition) is 0. The monoisotopic (exact) mass is 444 g/mol. The van der Waals surface area contributed by atoms with Crippen LogP contribution in [0.15, 0.2) is 80.3 Å². The van der Waals surface area contributed by atoms with Gasteiger partial charge in [-0.2, -0.15) is 0 Å². The minimum atomic E-state index is -0.377. The van der Waals surface area contributed by atoms with Gasteiger partial charge in [0.25, 0.3) is 5.56 Å². The lowest BCUT2D eigenvalue weighted by molar-refractivity contribution is 0.559. The molecule has 0 atom stereocenters. The number of aromatic nitrogens is 4. The van der Waals surface area contributed by atoms with Gasteiger partial charge in [0.1, 0.15) is 5.58 Å². The minimum Gasteiger partial charge on any atom is -0.423 e. The SMILES string of the molecule is C=CCn1c(=O)c2ccccc2n2c(SCc3cc(=O)oc4cc(CC)ccc34)nnc12. The topological polar surface area (TPSA) is 82.4 Å². The molecule has 0 bridgehead atoms. The lowest BCUT2D eigenvalue weighted by Crippen LogP contribution is -2.22. The molecule has 0 aliphatic heterocycles. The predicted molar refractivity (Wildman–Crippen MR) is 126 cm³/mol. The van der Waals surface area contributed by atoms with Gasteiger partial charge in [-0.25, -0.2) is 4.79 Å². The quantitative estimate of drug-likeness (QED) is 0.222. The summed E-state index contributed by atoms with van der Waals surface area (Å²) < 4.78 is 8.86. The molecule has 160 valence electrons. The first-order valence-corrected chi connectivity index (χ1v) is 11.2. The zero-order chi connectivity index (χ0) is 22.2. The second-order valence-corrected chi connectivity index (χ2v) is 8.35. The van der Waals surface area contributed by atoms with Gasteiger partial charge in [-0.3, -0.25) is 13.8 Å². The molecule has 0 saturated heterocycles. The maximum absolute atomic E-state index is 12.9. The number of nitrogens with zero attached hydrogens (tertiary/aromatic N) is 4. The van der Waals surface area contributed by atoms with Crippen molar-refractivity contribution < 1.29 is 4.42 Å². The summed E-state index contributed by atoms with van der Waals surface area (Å²) in [4.78, 5) is 25.1. The molecule has 2 aromatic carbocycles. The van der Waals surface area contributed by atoms with Crippen LogP contribution in [0, 0.1) is 0 Å². The van der Waals surface area contributed by atoms with Crippen LogP contribution < -0.4 is 11.2 Å². The van der Waals surface area contributed by atoms with Crippen molar-refractivity contribution in [3.05, 3.63) is 93.1 Å². The molecule has 5 rings (SSSR count). The Kier molecular flexibility index (Phi) is 5.14. The Morgan fingerprint density at radius 3 is 2.75 bits per heavy atom. The smallest absolute Gasteiger partial charge is 0.336 e. The Labute approximate surface area is 187 Å². The first kappa shape index (κ1) is 20.3. The number of allylic oxidation sites excluding steroid dienone is 1. The van der Waals surface area contributed by atoms with E-state index < -0.39 is 0 Å². The summed E-state index contributed by atoms with van der Waals surface area (Å²) in [5, 5.41) is 10.8. The van der Waals surface area contributed by atoms with E-state index in [9.17, 15) is 9.59 Å². The fourth-order valence-corrected chi connectivity index (χ4v) is 4.81. The molecule has 32 heavy (non-hydrogen) atoms. The molecule has 0 fully saturated rings. The summed E-state index contributed by atoms with van der Waals surface area (Å²) in [5.74, 6) is 0.963. The third kappa shape index (κ3) is 3.33. The van der Waals surface area contributed by atoms with Gasteiger partial charge in [-0.1, -0.05) is 49.0 Å². The minimum absolute atomic E-state index is 0.129. The van der Waals surface area contributed by atoms with E-state index in [1.807, 2.05) is 40.8 Å². The van der Waals surface area contributed by atoms with E-state index >= 15 is 0 Å². The maximum atomic E-state index is 12.9. The van der Waals surface area contributed by atoms with Crippen molar-refractivity contribution in [2.75, 3.05) is 0 Å². The number of thioether (sulfide) groups is 1. The highest BCUT2D eigenvalue weighted by Gasteiger charge is 2.17. The molecule has 5 aromatic rings. The second-order valence-electron chi connectivity index (χ2n) is 7.40. The summed E-state index contributed by atoms with van der Waals surface area (Å²) >= 11 is 1.46. The van der Waals surface area contributed by atoms with Crippen LogP contribution in [0.2, 0.25) is 0 Å². The zero-order valence-corrected chi connectivity index (χ0v) is 18.3. The summed E-state index contributed by atoms with van der Waals surface area (Å²) in [6.07, 6.45) is 2.53. The molecule has 0 aliphatic carbocycles. The second kappa shape index (κ2) is 8.12. The van der Waals surface area contributed by atoms with Crippen LogP contribution >= 0.6 is 11.8 Å². The normalized spacial score (nSPS) is 11.5. The average Bonchev–Trinajstić information content (AvgIpc) is 3.23. The maximum Gasteiger partial charge on any atom is 0.336 e. The van der Waals surface area contributed by atoms with Crippen LogP contribution in [0.3, 0.4) is 0 Å². The summed E-state index contributed by atoms with van der Waals surface area (Å²) in [5.41, 5.74) is 2.80. The van der Waals surface area contributed by atoms with Gasteiger partial charge in [0.2, 0.25) is 5.78 Å². The van der Waals surface area contributed by atoms with Crippen LogP contribution in [0.5, 0.6) is 0 Å². The number of aryl methyl sites for hydroxylation is 1. The van der Waals surface area contributed by atoms with Crippen molar-refractivity contribution in [3.63, 3.8) is 0 Å². The van der Waals surface area contributed by atoms with Gasteiger partial charge < -0.3 is 4.42 Å². The summed E-state index contributed by atoms with van der Waals surface area (Å²) in [7, 11) is 0. The molecule has 0 N–H and O–H groups in total. The van der Waals surface area contributed by atoms with E-state index in [2.05, 4.69) is 23.7 Å². The van der Waals surface area contributed by atoms with Crippen LogP contribution in [-0.4, -0.2) is 19.2 Å². The molecule has 0 radical (unpaired) electrons. The highest BCUT2D eigenvalue weighted by Crippen LogP contribution is 2.28. The molecular weight excluding hydrogens is 424 g/mol. The number of rotatable bonds is 6. The van der Waals surface area contributed by atoms with Gasteiger partial charge >= 0.3 is 5.63 Å². The third-order valence-electron chi connectivity index (χ3n) is 5.45. The van der Waals surface area contributed by atoms with Gasteiger partial charge in [0, 0.05) is 23.8 Å². The van der Waals surface area contributed by atoms with Crippen LogP contribution in [0.4, 0.5) is 0 Å². The lowest BCUT2D eigenvalue weighted by Gasteiger charge is -2.10. The molecule has 3 heterocycles. The number of benzene rings is 2. The Morgan fingerprint density at radius 2 is 1.94 bits per heavy atom. The van der Waals surface area contributed by atoms with Gasteiger partial charge in [0.05, 0.1) is 10.9 Å². The lowest BCUT2D eigenvalue weighted by atomic mass is 10.1. The fraction of sp³-hybridized carbons (Fsp3) is 0.167. The molecule has 8 heteroatoms. The van der Waals surface area contributed by atoms with Crippen molar-refractivity contribution >= 4 is 39.4 Å². The molecule has 0 aliphatic rings. The Morgan fingerprint density at radius 1 is 1.09 bits per heavy atom. The van der Waals surface area contributed by atoms with E-state index in [0.29, 0.717) is 34.2 Å². The summed E-state index contributed by atoms with van der Waals surface area (Å²) in [6, 6.07) is 14.9. The summed E-state index contributed by atoms with van der Waals surface area (Å²) in [6.45, 7) is 6.15. The van der Waals surface area contributed by atoms with E-state index in [1.54, 1.807) is 16.7 Å². The van der Waals surface area contributed by atoms with Crippen LogP contribution in [-0.2, 0) is 18.7 Å². The largest absolute Gasteiger partial charge is 0.423 e. The fourth-order valence-electron chi connectivity index (χ4n) is 3.88. The first-order chi connectivity index (χ1) is 15.6. The van der Waals surface area contributed by atoms with Crippen molar-refractivity contribution in [2.24, 2.45) is 0 Å². The van der Waals surface area contributed by atoms with Gasteiger partial charge in [0.15, 0.2) is 5.16 Å². The molecular formula is C24H20N4O3S. The van der Waals surface area contributed by atoms with E-state index in [4.69, 9.17) is 4.42 Å². The molecule has 0 amide bonds. The highest BCUT2D eigenvalue weighted by molar-refractivity contribution is 7.98. The Hall–Kier alpha value is -3.65. The number of hydrogen-bond acceptors (Lipinski definition) is 6. The molecule has 3 aromatic heterocycles. The number of fused-ring (bicyclic) bond motifs is 4. The Bertz CT molecular complexity index is 1610. The average molecular weight is 445 g/mol. The standard InChI is InChI=1S/C24H20N4O3S/c1-3-11-27-22(30)18-7-5-6-8-19(18)28-23(27)25-26-24(28)32-14-16-13-21(29)31-20-12-15(4-2)9-10-17(16)20/h3,5-10,12-13H,1,4,11,14H2,2H3. The van der Waals surface area contributed by atoms with Crippen LogP contribution in [0.25, 0.3) is 27.6 Å². The van der Waals surface area contributed by atoms with Crippen molar-refractivity contribution in [2.45, 2.75) is 30.8 Å². The molecule has 0 spiro atoms. The molecule has 7 nitrogen and oxygen atoms in total. The predicted octanol–water partition coefficient (Wildman–Crippen LogP) is 4.19. The molecule has 0 unspecified atom stereocenters. The van der Waals surface area contributed by atoms with Crippen LogP contribution in [0.1, 0.15) is 18.1 Å². The van der Waals surface area contributed by atoms with Crippen molar-refractivity contribution in [3.8, 4) is 0 Å².